The molecule has 0 radical (unpaired) electrons. The van der Waals surface area contributed by atoms with Gasteiger partial charge in [0, 0.05) is 5.57 Å². The largest absolute Gasteiger partial charge is 0.458 e. The molecule has 0 aromatic rings. The van der Waals surface area contributed by atoms with Crippen LogP contribution in [0.2, 0.25) is 0 Å². The van der Waals surface area contributed by atoms with Crippen LogP contribution in [0.1, 0.15) is 32.6 Å². The molecule has 1 heterocycles. The minimum atomic E-state index is -0.859. The second kappa shape index (κ2) is 9.82. The van der Waals surface area contributed by atoms with Gasteiger partial charge in [-0.3, -0.25) is 0 Å². The van der Waals surface area contributed by atoms with Crippen LogP contribution in [0.15, 0.2) is 35.5 Å². The first-order valence-electron chi connectivity index (χ1n) is 9.23. The van der Waals surface area contributed by atoms with Crippen LogP contribution in [-0.4, -0.2) is 59.3 Å². The Morgan fingerprint density at radius 2 is 2.15 bits per heavy atom. The van der Waals surface area contributed by atoms with Crippen molar-refractivity contribution < 1.29 is 34.4 Å². The average Bonchev–Trinajstić information content (AvgIpc) is 2.91. The molecular formula is C20H28O7. The van der Waals surface area contributed by atoms with Crippen LogP contribution in [0.25, 0.3) is 0 Å². The molecule has 0 saturated carbocycles. The fourth-order valence-corrected chi connectivity index (χ4v) is 3.62. The molecule has 0 spiro atoms. The molecule has 0 amide bonds. The van der Waals surface area contributed by atoms with Crippen LogP contribution in [0.3, 0.4) is 0 Å². The highest BCUT2D eigenvalue weighted by molar-refractivity contribution is 5.92. The van der Waals surface area contributed by atoms with Gasteiger partial charge in [0.1, 0.15) is 12.2 Å². The molecular weight excluding hydrogens is 352 g/mol. The third kappa shape index (κ3) is 5.28. The first kappa shape index (κ1) is 21.3. The summed E-state index contributed by atoms with van der Waals surface area (Å²) in [6, 6.07) is 0. The van der Waals surface area contributed by atoms with Crippen LogP contribution in [0, 0.1) is 11.8 Å². The summed E-state index contributed by atoms with van der Waals surface area (Å²) in [6.07, 6.45) is 4.60. The van der Waals surface area contributed by atoms with Gasteiger partial charge >= 0.3 is 11.9 Å². The zero-order valence-corrected chi connectivity index (χ0v) is 15.6. The summed E-state index contributed by atoms with van der Waals surface area (Å²) < 4.78 is 11.0. The number of fused-ring (bicyclic) bond motifs is 1. The molecule has 0 bridgehead atoms. The Labute approximate surface area is 159 Å². The Kier molecular flexibility index (Phi) is 7.77. The molecule has 2 rings (SSSR count). The summed E-state index contributed by atoms with van der Waals surface area (Å²) in [5.41, 5.74) is 0.870. The van der Waals surface area contributed by atoms with Crippen molar-refractivity contribution in [2.45, 2.75) is 44.8 Å². The number of esters is 2. The quantitative estimate of drug-likeness (QED) is 0.371. The van der Waals surface area contributed by atoms with Gasteiger partial charge in [-0.2, -0.15) is 0 Å². The van der Waals surface area contributed by atoms with Crippen molar-refractivity contribution in [3.8, 4) is 0 Å². The summed E-state index contributed by atoms with van der Waals surface area (Å²) >= 11 is 0. The normalized spacial score (nSPS) is 29.6. The summed E-state index contributed by atoms with van der Waals surface area (Å²) in [5, 5.41) is 28.0. The zero-order valence-electron chi connectivity index (χ0n) is 15.6. The van der Waals surface area contributed by atoms with E-state index >= 15 is 0 Å². The Balaban J connectivity index is 2.39. The second-order valence-corrected chi connectivity index (χ2v) is 7.15. The maximum absolute atomic E-state index is 12.4. The number of hydrogen-bond donors (Lipinski definition) is 3. The molecule has 7 nitrogen and oxygen atoms in total. The molecule has 0 aromatic carbocycles. The highest BCUT2D eigenvalue weighted by Gasteiger charge is 2.45. The first-order chi connectivity index (χ1) is 12.9. The fraction of sp³-hybridized carbons (Fsp3) is 0.600. The predicted octanol–water partition coefficient (Wildman–Crippen LogP) is 1.04. The maximum atomic E-state index is 12.4. The van der Waals surface area contributed by atoms with Gasteiger partial charge in [0.25, 0.3) is 0 Å². The number of aliphatic hydroxyl groups excluding tert-OH is 3. The van der Waals surface area contributed by atoms with E-state index in [1.165, 1.54) is 6.08 Å². The van der Waals surface area contributed by atoms with Crippen molar-refractivity contribution in [3.63, 3.8) is 0 Å². The van der Waals surface area contributed by atoms with Crippen molar-refractivity contribution in [1.82, 2.24) is 0 Å². The molecule has 2 aliphatic rings. The summed E-state index contributed by atoms with van der Waals surface area (Å²) in [7, 11) is 0. The highest BCUT2D eigenvalue weighted by Crippen LogP contribution is 2.37. The second-order valence-electron chi connectivity index (χ2n) is 7.15. The van der Waals surface area contributed by atoms with Crippen molar-refractivity contribution in [2.24, 2.45) is 11.8 Å². The minimum absolute atomic E-state index is 0.0747. The van der Waals surface area contributed by atoms with Gasteiger partial charge in [0.15, 0.2) is 0 Å². The molecule has 27 heavy (non-hydrogen) atoms. The standard InChI is InChI=1S/C20H28O7/c1-12-4-3-5-14(10-22)9-17(27-20(25)15(11-23)6-7-21)18-13(2)19(24)26-16(18)8-12/h6,9,12,16-18,21-23H,2-5,7-8,10-11H2,1H3/t12-,16+,17+,18-/m0/s1. The first-order valence-corrected chi connectivity index (χ1v) is 9.23. The number of hydrogen-bond acceptors (Lipinski definition) is 7. The van der Waals surface area contributed by atoms with Crippen LogP contribution in [0.4, 0.5) is 0 Å². The number of carbonyl (C=O) groups excluding carboxylic acids is 2. The molecule has 4 atom stereocenters. The van der Waals surface area contributed by atoms with Gasteiger partial charge in [-0.25, -0.2) is 9.59 Å². The number of ether oxygens (including phenoxy) is 2. The Morgan fingerprint density at radius 3 is 2.78 bits per heavy atom. The highest BCUT2D eigenvalue weighted by atomic mass is 16.6. The summed E-state index contributed by atoms with van der Waals surface area (Å²) in [5.74, 6) is -1.56. The topological polar surface area (TPSA) is 113 Å². The predicted molar refractivity (Wildman–Crippen MR) is 97.4 cm³/mol. The Morgan fingerprint density at radius 1 is 1.41 bits per heavy atom. The Hall–Kier alpha value is -1.96. The number of carbonyl (C=O) groups is 2. The maximum Gasteiger partial charge on any atom is 0.336 e. The van der Waals surface area contributed by atoms with E-state index in [1.807, 2.05) is 0 Å². The molecule has 1 fully saturated rings. The van der Waals surface area contributed by atoms with Crippen LogP contribution in [-0.2, 0) is 19.1 Å². The zero-order chi connectivity index (χ0) is 20.0. The third-order valence-corrected chi connectivity index (χ3v) is 5.12. The molecule has 1 saturated heterocycles. The lowest BCUT2D eigenvalue weighted by molar-refractivity contribution is -0.146. The SMILES string of the molecule is C=C1C(=O)O[C@@H]2C[C@@H](C)CCCC(CO)=C[C@@H](OC(=O)C(=CCO)CO)[C@@H]12. The van der Waals surface area contributed by atoms with E-state index in [2.05, 4.69) is 13.5 Å². The number of rotatable bonds is 5. The fourth-order valence-electron chi connectivity index (χ4n) is 3.62. The molecule has 0 aromatic heterocycles. The van der Waals surface area contributed by atoms with Crippen LogP contribution >= 0.6 is 0 Å². The van der Waals surface area contributed by atoms with Crippen molar-refractivity contribution >= 4 is 11.9 Å². The van der Waals surface area contributed by atoms with E-state index in [1.54, 1.807) is 6.08 Å². The lowest BCUT2D eigenvalue weighted by Crippen LogP contribution is -2.34. The lowest BCUT2D eigenvalue weighted by atomic mass is 9.83. The Bertz CT molecular complexity index is 634. The van der Waals surface area contributed by atoms with Crippen LogP contribution in [0.5, 0.6) is 0 Å². The van der Waals surface area contributed by atoms with Gasteiger partial charge in [-0.15, -0.1) is 0 Å². The van der Waals surface area contributed by atoms with E-state index < -0.39 is 43.3 Å². The molecule has 0 unspecified atom stereocenters. The average molecular weight is 380 g/mol. The van der Waals surface area contributed by atoms with Crippen LogP contribution < -0.4 is 0 Å². The van der Waals surface area contributed by atoms with Gasteiger partial charge in [0.2, 0.25) is 0 Å². The van der Waals surface area contributed by atoms with Crippen molar-refractivity contribution in [3.05, 3.63) is 35.5 Å². The molecule has 1 aliphatic heterocycles. The minimum Gasteiger partial charge on any atom is -0.458 e. The van der Waals surface area contributed by atoms with E-state index in [0.29, 0.717) is 24.3 Å². The van der Waals surface area contributed by atoms with Gasteiger partial charge in [-0.05, 0) is 42.9 Å². The molecule has 1 aliphatic carbocycles. The van der Waals surface area contributed by atoms with Gasteiger partial charge in [-0.1, -0.05) is 19.9 Å². The lowest BCUT2D eigenvalue weighted by Gasteiger charge is -2.28. The summed E-state index contributed by atoms with van der Waals surface area (Å²) in [4.78, 5) is 24.5. The monoisotopic (exact) mass is 380 g/mol. The van der Waals surface area contributed by atoms with Gasteiger partial charge in [0.05, 0.1) is 31.3 Å². The van der Waals surface area contributed by atoms with E-state index in [4.69, 9.17) is 14.6 Å². The third-order valence-electron chi connectivity index (χ3n) is 5.12. The molecule has 7 heteroatoms. The molecule has 150 valence electrons. The van der Waals surface area contributed by atoms with E-state index in [-0.39, 0.29) is 17.8 Å². The number of aliphatic hydroxyl groups is 3. The van der Waals surface area contributed by atoms with E-state index in [9.17, 15) is 19.8 Å². The van der Waals surface area contributed by atoms with E-state index in [0.717, 1.165) is 12.8 Å². The van der Waals surface area contributed by atoms with Gasteiger partial charge < -0.3 is 24.8 Å². The van der Waals surface area contributed by atoms with Crippen molar-refractivity contribution in [2.75, 3.05) is 19.8 Å². The van der Waals surface area contributed by atoms with Crippen molar-refractivity contribution in [1.29, 1.82) is 0 Å². The smallest absolute Gasteiger partial charge is 0.336 e. The molecule has 3 N–H and O–H groups in total. The summed E-state index contributed by atoms with van der Waals surface area (Å²) in [6.45, 7) is 4.72.